The van der Waals surface area contributed by atoms with Crippen LogP contribution >= 0.6 is 23.8 Å². The number of halogens is 1. The first kappa shape index (κ1) is 15.9. The largest absolute Gasteiger partial charge is 0.298 e. The molecule has 0 aliphatic carbocycles. The molecule has 22 heavy (non-hydrogen) atoms. The van der Waals surface area contributed by atoms with Crippen molar-refractivity contribution >= 4 is 40.7 Å². The van der Waals surface area contributed by atoms with Gasteiger partial charge in [0.15, 0.2) is 10.8 Å². The molecule has 0 aliphatic rings. The third-order valence-corrected chi connectivity index (χ3v) is 3.02. The van der Waals surface area contributed by atoms with E-state index in [1.54, 1.807) is 37.3 Å². The van der Waals surface area contributed by atoms with Crippen LogP contribution in [0.5, 0.6) is 0 Å². The Bertz CT molecular complexity index is 713. The second-order valence-corrected chi connectivity index (χ2v) is 5.15. The second kappa shape index (κ2) is 7.01. The molecule has 0 aliphatic heterocycles. The third kappa shape index (κ3) is 4.27. The molecule has 4 N–H and O–H groups in total. The van der Waals surface area contributed by atoms with Crippen molar-refractivity contribution in [2.45, 2.75) is 6.92 Å². The highest BCUT2D eigenvalue weighted by atomic mass is 35.5. The van der Waals surface area contributed by atoms with E-state index in [1.165, 1.54) is 0 Å². The van der Waals surface area contributed by atoms with Crippen LogP contribution in [0.4, 0.5) is 0 Å². The van der Waals surface area contributed by atoms with Gasteiger partial charge in [0.1, 0.15) is 0 Å². The number of hydrazine groups is 1. The second-order valence-electron chi connectivity index (χ2n) is 4.31. The number of hydrogen-bond donors (Lipinski definition) is 4. The minimum absolute atomic E-state index is 0.0412. The standard InChI is InChI=1S/C13H12ClN5O2S/c1-7-6-10(17-16-7)12(21)18-19-13(22)15-11(20)8-2-4-9(14)5-3-8/h2-6H,1H3,(H,16,17)(H,18,21)(H2,15,19,20,22). The first-order valence-corrected chi connectivity index (χ1v) is 6.93. The van der Waals surface area contributed by atoms with Crippen molar-refractivity contribution in [1.29, 1.82) is 0 Å². The fraction of sp³-hybridized carbons (Fsp3) is 0.0769. The Morgan fingerprint density at radius 3 is 2.45 bits per heavy atom. The van der Waals surface area contributed by atoms with Crippen LogP contribution in [0.15, 0.2) is 30.3 Å². The topological polar surface area (TPSA) is 98.9 Å². The highest BCUT2D eigenvalue weighted by Crippen LogP contribution is 2.09. The zero-order valence-electron chi connectivity index (χ0n) is 11.4. The van der Waals surface area contributed by atoms with Crippen molar-refractivity contribution < 1.29 is 9.59 Å². The molecule has 2 amide bonds. The molecule has 7 nitrogen and oxygen atoms in total. The Balaban J connectivity index is 1.84. The lowest BCUT2D eigenvalue weighted by Gasteiger charge is -2.09. The van der Waals surface area contributed by atoms with E-state index in [4.69, 9.17) is 23.8 Å². The normalized spacial score (nSPS) is 9.91. The average molecular weight is 338 g/mol. The quantitative estimate of drug-likeness (QED) is 0.489. The minimum atomic E-state index is -0.479. The van der Waals surface area contributed by atoms with E-state index in [2.05, 4.69) is 26.4 Å². The van der Waals surface area contributed by atoms with E-state index in [1.807, 2.05) is 0 Å². The number of nitrogens with one attached hydrogen (secondary N) is 4. The smallest absolute Gasteiger partial charge is 0.290 e. The number of aromatic nitrogens is 2. The molecule has 0 fully saturated rings. The molecule has 2 aromatic rings. The number of nitrogens with zero attached hydrogens (tertiary/aromatic N) is 1. The third-order valence-electron chi connectivity index (χ3n) is 2.56. The number of thiocarbonyl (C=S) groups is 1. The molecule has 0 bridgehead atoms. The summed E-state index contributed by atoms with van der Waals surface area (Å²) in [5.41, 5.74) is 6.10. The number of rotatable bonds is 2. The Morgan fingerprint density at radius 2 is 1.86 bits per heavy atom. The first-order chi connectivity index (χ1) is 10.5. The predicted molar refractivity (Wildman–Crippen MR) is 85.4 cm³/mol. The Morgan fingerprint density at radius 1 is 1.18 bits per heavy atom. The number of aromatic amines is 1. The lowest BCUT2D eigenvalue weighted by Crippen LogP contribution is -2.48. The zero-order chi connectivity index (χ0) is 16.1. The molecule has 0 spiro atoms. The molecule has 0 saturated carbocycles. The van der Waals surface area contributed by atoms with Gasteiger partial charge in [-0.2, -0.15) is 5.10 Å². The van der Waals surface area contributed by atoms with Gasteiger partial charge in [0, 0.05) is 16.3 Å². The van der Waals surface area contributed by atoms with Crippen molar-refractivity contribution in [2.75, 3.05) is 0 Å². The molecular weight excluding hydrogens is 326 g/mol. The number of amides is 2. The molecule has 0 unspecified atom stereocenters. The van der Waals surface area contributed by atoms with Crippen LogP contribution in [0.1, 0.15) is 26.5 Å². The molecule has 0 saturated heterocycles. The van der Waals surface area contributed by atoms with Crippen LogP contribution in [0.3, 0.4) is 0 Å². The van der Waals surface area contributed by atoms with Crippen LogP contribution in [0, 0.1) is 6.92 Å². The van der Waals surface area contributed by atoms with Crippen molar-refractivity contribution in [3.8, 4) is 0 Å². The number of carbonyl (C=O) groups is 2. The molecule has 114 valence electrons. The average Bonchev–Trinajstić information content (AvgIpc) is 2.92. The lowest BCUT2D eigenvalue weighted by atomic mass is 10.2. The van der Waals surface area contributed by atoms with Gasteiger partial charge in [0.05, 0.1) is 0 Å². The van der Waals surface area contributed by atoms with Crippen molar-refractivity contribution in [3.05, 3.63) is 52.3 Å². The Kier molecular flexibility index (Phi) is 5.08. The van der Waals surface area contributed by atoms with Crippen LogP contribution in [0.2, 0.25) is 5.02 Å². The summed E-state index contributed by atoms with van der Waals surface area (Å²) >= 11 is 10.7. The summed E-state index contributed by atoms with van der Waals surface area (Å²) in [7, 11) is 0. The lowest BCUT2D eigenvalue weighted by molar-refractivity contribution is 0.0930. The van der Waals surface area contributed by atoms with Gasteiger partial charge in [-0.3, -0.25) is 30.9 Å². The summed E-state index contributed by atoms with van der Waals surface area (Å²) in [5, 5.41) is 9.34. The SMILES string of the molecule is Cc1cc(C(=O)NNC(=S)NC(=O)c2ccc(Cl)cc2)n[nH]1. The summed E-state index contributed by atoms with van der Waals surface area (Å²) in [5.74, 6) is -0.897. The van der Waals surface area contributed by atoms with E-state index < -0.39 is 11.8 Å². The molecule has 2 rings (SSSR count). The fourth-order valence-corrected chi connectivity index (χ4v) is 1.79. The van der Waals surface area contributed by atoms with Gasteiger partial charge < -0.3 is 0 Å². The van der Waals surface area contributed by atoms with Crippen LogP contribution in [-0.4, -0.2) is 27.1 Å². The van der Waals surface area contributed by atoms with E-state index >= 15 is 0 Å². The Hall–Kier alpha value is -2.45. The van der Waals surface area contributed by atoms with Crippen LogP contribution in [0.25, 0.3) is 0 Å². The van der Waals surface area contributed by atoms with Crippen molar-refractivity contribution in [1.82, 2.24) is 26.4 Å². The molecule has 1 aromatic heterocycles. The maximum absolute atomic E-state index is 11.9. The summed E-state index contributed by atoms with van der Waals surface area (Å²) < 4.78 is 0. The molecule has 1 aromatic carbocycles. The number of aryl methyl sites for hydroxylation is 1. The monoisotopic (exact) mass is 337 g/mol. The first-order valence-electron chi connectivity index (χ1n) is 6.15. The zero-order valence-corrected chi connectivity index (χ0v) is 13.0. The minimum Gasteiger partial charge on any atom is -0.298 e. The maximum atomic E-state index is 11.9. The van der Waals surface area contributed by atoms with Crippen molar-refractivity contribution in [3.63, 3.8) is 0 Å². The van der Waals surface area contributed by atoms with E-state index in [0.29, 0.717) is 10.6 Å². The molecule has 0 atom stereocenters. The van der Waals surface area contributed by atoms with Gasteiger partial charge in [-0.05, 0) is 49.5 Å². The predicted octanol–water partition coefficient (Wildman–Crippen LogP) is 1.32. The van der Waals surface area contributed by atoms with E-state index in [-0.39, 0.29) is 10.8 Å². The van der Waals surface area contributed by atoms with Crippen LogP contribution in [-0.2, 0) is 0 Å². The van der Waals surface area contributed by atoms with Gasteiger partial charge in [-0.1, -0.05) is 11.6 Å². The number of hydrogen-bond acceptors (Lipinski definition) is 4. The van der Waals surface area contributed by atoms with E-state index in [9.17, 15) is 9.59 Å². The van der Waals surface area contributed by atoms with Crippen LogP contribution < -0.4 is 16.2 Å². The maximum Gasteiger partial charge on any atom is 0.290 e. The molecule has 1 heterocycles. The van der Waals surface area contributed by atoms with E-state index in [0.717, 1.165) is 5.69 Å². The Labute approximate surface area is 136 Å². The summed E-state index contributed by atoms with van der Waals surface area (Å²) in [6.45, 7) is 1.77. The number of H-pyrrole nitrogens is 1. The summed E-state index contributed by atoms with van der Waals surface area (Å²) in [6.07, 6.45) is 0. The summed E-state index contributed by atoms with van der Waals surface area (Å²) in [4.78, 5) is 23.6. The van der Waals surface area contributed by atoms with Gasteiger partial charge in [0.2, 0.25) is 0 Å². The number of carbonyl (C=O) groups excluding carboxylic acids is 2. The van der Waals surface area contributed by atoms with Gasteiger partial charge in [-0.25, -0.2) is 0 Å². The van der Waals surface area contributed by atoms with Gasteiger partial charge in [-0.15, -0.1) is 0 Å². The van der Waals surface area contributed by atoms with Gasteiger partial charge >= 0.3 is 0 Å². The molecular formula is C13H12ClN5O2S. The highest BCUT2D eigenvalue weighted by molar-refractivity contribution is 7.80. The summed E-state index contributed by atoms with van der Waals surface area (Å²) in [6, 6.07) is 7.88. The van der Waals surface area contributed by atoms with Crippen molar-refractivity contribution in [2.24, 2.45) is 0 Å². The molecule has 9 heteroatoms. The number of benzene rings is 1. The fourth-order valence-electron chi connectivity index (χ4n) is 1.52. The highest BCUT2D eigenvalue weighted by Gasteiger charge is 2.11. The van der Waals surface area contributed by atoms with Gasteiger partial charge in [0.25, 0.3) is 11.8 Å². The molecule has 0 radical (unpaired) electrons.